The van der Waals surface area contributed by atoms with Crippen LogP contribution in [0, 0.1) is 0 Å². The summed E-state index contributed by atoms with van der Waals surface area (Å²) in [6.45, 7) is 1.94. The molecule has 3 rings (SSSR count). The molecule has 5 nitrogen and oxygen atoms in total. The Kier molecular flexibility index (Phi) is 5.30. The fourth-order valence-electron chi connectivity index (χ4n) is 2.97. The van der Waals surface area contributed by atoms with Crippen LogP contribution in [-0.4, -0.2) is 32.7 Å². The number of rotatable bonds is 5. The molecule has 1 atom stereocenters. The molecule has 0 aliphatic carbocycles. The highest BCUT2D eigenvalue weighted by Gasteiger charge is 2.18. The number of carbonyl (C=O) groups excluding carboxylic acids is 1. The Morgan fingerprint density at radius 3 is 2.22 bits per heavy atom. The predicted molar refractivity (Wildman–Crippen MR) is 107 cm³/mol. The van der Waals surface area contributed by atoms with Gasteiger partial charge in [0.15, 0.2) is 0 Å². The maximum atomic E-state index is 12.6. The van der Waals surface area contributed by atoms with E-state index < -0.39 is 10.0 Å². The number of sulfonamides is 1. The van der Waals surface area contributed by atoms with Gasteiger partial charge in [-0.1, -0.05) is 42.5 Å². The van der Waals surface area contributed by atoms with E-state index in [0.717, 1.165) is 20.6 Å². The van der Waals surface area contributed by atoms with Gasteiger partial charge in [-0.3, -0.25) is 4.79 Å². The fourth-order valence-corrected chi connectivity index (χ4v) is 3.88. The highest BCUT2D eigenvalue weighted by Crippen LogP contribution is 2.24. The summed E-state index contributed by atoms with van der Waals surface area (Å²) in [7, 11) is -0.560. The third-order valence-corrected chi connectivity index (χ3v) is 6.36. The molecule has 0 bridgehead atoms. The average molecular weight is 382 g/mol. The topological polar surface area (TPSA) is 66.5 Å². The van der Waals surface area contributed by atoms with Crippen molar-refractivity contribution in [2.75, 3.05) is 14.1 Å². The molecule has 1 amide bonds. The highest BCUT2D eigenvalue weighted by molar-refractivity contribution is 7.89. The first-order valence-corrected chi connectivity index (χ1v) is 10.1. The second kappa shape index (κ2) is 7.50. The number of carbonyl (C=O) groups is 1. The first kappa shape index (κ1) is 19.1. The molecule has 3 aromatic carbocycles. The lowest BCUT2D eigenvalue weighted by atomic mass is 9.99. The highest BCUT2D eigenvalue weighted by atomic mass is 32.2. The zero-order valence-corrected chi connectivity index (χ0v) is 16.3. The Bertz CT molecular complexity index is 1070. The second-order valence-corrected chi connectivity index (χ2v) is 8.73. The van der Waals surface area contributed by atoms with Crippen molar-refractivity contribution in [1.82, 2.24) is 9.62 Å². The molecule has 1 unspecified atom stereocenters. The standard InChI is InChI=1S/C21H22N2O3S/c1-15(19-10-6-8-16-7-4-5-9-20(16)19)22-21(24)17-11-13-18(14-12-17)27(25,26)23(2)3/h4-15H,1-3H3,(H,22,24). The molecular weight excluding hydrogens is 360 g/mol. The molecule has 27 heavy (non-hydrogen) atoms. The van der Waals surface area contributed by atoms with Crippen molar-refractivity contribution in [3.05, 3.63) is 77.9 Å². The predicted octanol–water partition coefficient (Wildman–Crippen LogP) is 3.58. The zero-order valence-electron chi connectivity index (χ0n) is 15.5. The van der Waals surface area contributed by atoms with Crippen molar-refractivity contribution < 1.29 is 13.2 Å². The van der Waals surface area contributed by atoms with E-state index in [2.05, 4.69) is 5.32 Å². The van der Waals surface area contributed by atoms with Crippen molar-refractivity contribution in [2.45, 2.75) is 17.9 Å². The van der Waals surface area contributed by atoms with Crippen LogP contribution in [0.25, 0.3) is 10.8 Å². The first-order chi connectivity index (χ1) is 12.8. The number of hydrogen-bond donors (Lipinski definition) is 1. The molecular formula is C21H22N2O3S. The summed E-state index contributed by atoms with van der Waals surface area (Å²) in [5.74, 6) is -0.246. The summed E-state index contributed by atoms with van der Waals surface area (Å²) in [5.41, 5.74) is 1.45. The smallest absolute Gasteiger partial charge is 0.251 e. The van der Waals surface area contributed by atoms with Gasteiger partial charge < -0.3 is 5.32 Å². The Hall–Kier alpha value is -2.70. The fraction of sp³-hybridized carbons (Fsp3) is 0.190. The molecule has 140 valence electrons. The second-order valence-electron chi connectivity index (χ2n) is 6.58. The molecule has 0 radical (unpaired) electrons. The average Bonchev–Trinajstić information content (AvgIpc) is 2.67. The number of nitrogens with one attached hydrogen (secondary N) is 1. The minimum Gasteiger partial charge on any atom is -0.345 e. The van der Waals surface area contributed by atoms with Gasteiger partial charge >= 0.3 is 0 Å². The van der Waals surface area contributed by atoms with Crippen LogP contribution < -0.4 is 5.32 Å². The first-order valence-electron chi connectivity index (χ1n) is 8.62. The Labute approximate surface area is 159 Å². The minimum absolute atomic E-state index is 0.158. The molecule has 1 N–H and O–H groups in total. The number of hydrogen-bond acceptors (Lipinski definition) is 3. The van der Waals surface area contributed by atoms with E-state index >= 15 is 0 Å². The van der Waals surface area contributed by atoms with Gasteiger partial charge in [-0.25, -0.2) is 12.7 Å². The van der Waals surface area contributed by atoms with E-state index in [1.54, 1.807) is 0 Å². The summed E-state index contributed by atoms with van der Waals surface area (Å²) >= 11 is 0. The molecule has 0 saturated carbocycles. The van der Waals surface area contributed by atoms with E-state index in [4.69, 9.17) is 0 Å². The van der Waals surface area contributed by atoms with Crippen LogP contribution in [0.3, 0.4) is 0 Å². The van der Waals surface area contributed by atoms with Crippen LogP contribution >= 0.6 is 0 Å². The molecule has 0 saturated heterocycles. The molecule has 0 aromatic heterocycles. The summed E-state index contributed by atoms with van der Waals surface area (Å²) in [4.78, 5) is 12.7. The van der Waals surface area contributed by atoms with E-state index in [1.165, 1.54) is 38.4 Å². The van der Waals surface area contributed by atoms with Crippen LogP contribution in [-0.2, 0) is 10.0 Å². The summed E-state index contributed by atoms with van der Waals surface area (Å²) in [6, 6.07) is 19.8. The van der Waals surface area contributed by atoms with Gasteiger partial charge in [0, 0.05) is 19.7 Å². The van der Waals surface area contributed by atoms with Crippen molar-refractivity contribution >= 4 is 26.7 Å². The van der Waals surface area contributed by atoms with Crippen LogP contribution in [0.1, 0.15) is 28.9 Å². The Morgan fingerprint density at radius 2 is 1.56 bits per heavy atom. The molecule has 0 heterocycles. The van der Waals surface area contributed by atoms with Gasteiger partial charge in [-0.05, 0) is 47.5 Å². The Morgan fingerprint density at radius 1 is 0.926 bits per heavy atom. The van der Waals surface area contributed by atoms with E-state index in [0.29, 0.717) is 5.56 Å². The maximum absolute atomic E-state index is 12.6. The van der Waals surface area contributed by atoms with Crippen molar-refractivity contribution in [3.63, 3.8) is 0 Å². The van der Waals surface area contributed by atoms with Crippen LogP contribution in [0.4, 0.5) is 0 Å². The third-order valence-electron chi connectivity index (χ3n) is 4.53. The number of amides is 1. The van der Waals surface area contributed by atoms with E-state index in [-0.39, 0.29) is 16.8 Å². The zero-order chi connectivity index (χ0) is 19.6. The number of benzene rings is 3. The van der Waals surface area contributed by atoms with Crippen molar-refractivity contribution in [2.24, 2.45) is 0 Å². The molecule has 0 spiro atoms. The molecule has 3 aromatic rings. The Balaban J connectivity index is 1.81. The van der Waals surface area contributed by atoms with Gasteiger partial charge in [0.25, 0.3) is 5.91 Å². The largest absolute Gasteiger partial charge is 0.345 e. The normalized spacial score (nSPS) is 12.9. The van der Waals surface area contributed by atoms with Crippen LogP contribution in [0.2, 0.25) is 0 Å². The summed E-state index contributed by atoms with van der Waals surface area (Å²) in [6.07, 6.45) is 0. The molecule has 0 aliphatic rings. The van der Waals surface area contributed by atoms with E-state index in [1.807, 2.05) is 49.4 Å². The summed E-state index contributed by atoms with van der Waals surface area (Å²) in [5, 5.41) is 5.20. The lowest BCUT2D eigenvalue weighted by Gasteiger charge is -2.17. The van der Waals surface area contributed by atoms with Crippen molar-refractivity contribution in [3.8, 4) is 0 Å². The maximum Gasteiger partial charge on any atom is 0.251 e. The van der Waals surface area contributed by atoms with Gasteiger partial charge in [0.1, 0.15) is 0 Å². The van der Waals surface area contributed by atoms with Crippen LogP contribution in [0.5, 0.6) is 0 Å². The lowest BCUT2D eigenvalue weighted by molar-refractivity contribution is 0.0940. The molecule has 0 fully saturated rings. The lowest BCUT2D eigenvalue weighted by Crippen LogP contribution is -2.27. The molecule has 0 aliphatic heterocycles. The molecule has 6 heteroatoms. The number of fused-ring (bicyclic) bond motifs is 1. The number of nitrogens with zero attached hydrogens (tertiary/aromatic N) is 1. The SMILES string of the molecule is CC(NC(=O)c1ccc(S(=O)(=O)N(C)C)cc1)c1cccc2ccccc12. The quantitative estimate of drug-likeness (QED) is 0.733. The monoisotopic (exact) mass is 382 g/mol. The van der Waals surface area contributed by atoms with Crippen molar-refractivity contribution in [1.29, 1.82) is 0 Å². The summed E-state index contributed by atoms with van der Waals surface area (Å²) < 4.78 is 25.4. The van der Waals surface area contributed by atoms with Gasteiger partial charge in [-0.2, -0.15) is 0 Å². The minimum atomic E-state index is -3.51. The third kappa shape index (κ3) is 3.86. The van der Waals surface area contributed by atoms with Gasteiger partial charge in [0.05, 0.1) is 10.9 Å². The van der Waals surface area contributed by atoms with Gasteiger partial charge in [-0.15, -0.1) is 0 Å². The van der Waals surface area contributed by atoms with E-state index in [9.17, 15) is 13.2 Å². The van der Waals surface area contributed by atoms with Crippen LogP contribution in [0.15, 0.2) is 71.6 Å². The van der Waals surface area contributed by atoms with Gasteiger partial charge in [0.2, 0.25) is 10.0 Å².